The van der Waals surface area contributed by atoms with Crippen LogP contribution in [0.1, 0.15) is 50.9 Å². The van der Waals surface area contributed by atoms with E-state index in [1.54, 1.807) is 0 Å². The Morgan fingerprint density at radius 2 is 1.84 bits per heavy atom. The Morgan fingerprint density at radius 3 is 2.42 bits per heavy atom. The zero-order valence-electron chi connectivity index (χ0n) is 19.0. The molecule has 0 spiro atoms. The molecule has 0 bridgehead atoms. The van der Waals surface area contributed by atoms with Gasteiger partial charge in [0.1, 0.15) is 6.10 Å². The lowest BCUT2D eigenvalue weighted by Crippen LogP contribution is -2.49. The molecule has 0 radical (unpaired) electrons. The van der Waals surface area contributed by atoms with Crippen molar-refractivity contribution >= 4 is 6.09 Å². The summed E-state index contributed by atoms with van der Waals surface area (Å²) in [6, 6.07) is 9.79. The van der Waals surface area contributed by atoms with E-state index in [0.29, 0.717) is 18.7 Å². The van der Waals surface area contributed by atoms with Gasteiger partial charge in [-0.15, -0.1) is 0 Å². The van der Waals surface area contributed by atoms with Crippen LogP contribution in [0.4, 0.5) is 4.79 Å². The van der Waals surface area contributed by atoms with E-state index in [1.807, 2.05) is 41.7 Å². The molecule has 2 heterocycles. The Bertz CT molecular complexity index is 899. The molecular formula is C24H33N5O2. The van der Waals surface area contributed by atoms with Crippen molar-refractivity contribution in [2.24, 2.45) is 5.41 Å². The fourth-order valence-corrected chi connectivity index (χ4v) is 3.89. The Kier molecular flexibility index (Phi) is 7.34. The molecule has 1 amide bonds. The molecular weight excluding hydrogens is 390 g/mol. The van der Waals surface area contributed by atoms with Gasteiger partial charge in [0, 0.05) is 45.5 Å². The number of hydrogen-bond donors (Lipinski definition) is 0. The van der Waals surface area contributed by atoms with E-state index in [-0.39, 0.29) is 17.6 Å². The molecule has 0 saturated carbocycles. The van der Waals surface area contributed by atoms with Crippen LogP contribution in [0.25, 0.3) is 0 Å². The highest BCUT2D eigenvalue weighted by atomic mass is 16.6. The Hall–Kier alpha value is -2.85. The largest absolute Gasteiger partial charge is 0.446 e. The van der Waals surface area contributed by atoms with Crippen molar-refractivity contribution in [3.05, 3.63) is 53.6 Å². The van der Waals surface area contributed by atoms with Gasteiger partial charge < -0.3 is 14.2 Å². The van der Waals surface area contributed by atoms with Crippen LogP contribution in [0.3, 0.4) is 0 Å². The standard InChI is InChI=1S/C24H33N5O2/c1-5-22(24(2,3)4)31-23(30)28-12-10-27(11-13-28)17-21-15-26-18-29(21)16-20-8-6-19(14-25)7-9-20/h6-9,15,18,22H,5,10-13,16-17H2,1-4H3. The summed E-state index contributed by atoms with van der Waals surface area (Å²) in [5.74, 6) is 0. The first kappa shape index (κ1) is 22.8. The van der Waals surface area contributed by atoms with Crippen molar-refractivity contribution < 1.29 is 9.53 Å². The summed E-state index contributed by atoms with van der Waals surface area (Å²) >= 11 is 0. The molecule has 1 saturated heterocycles. The summed E-state index contributed by atoms with van der Waals surface area (Å²) in [5, 5.41) is 8.95. The molecule has 1 aliphatic rings. The SMILES string of the molecule is CCC(OC(=O)N1CCN(Cc2cncn2Cc2ccc(C#N)cc2)CC1)C(C)(C)C. The van der Waals surface area contributed by atoms with Crippen LogP contribution >= 0.6 is 0 Å². The Labute approximate surface area is 185 Å². The third-order valence-electron chi connectivity index (χ3n) is 5.83. The average Bonchev–Trinajstić information content (AvgIpc) is 3.18. The first-order valence-electron chi connectivity index (χ1n) is 11.0. The minimum atomic E-state index is -0.202. The van der Waals surface area contributed by atoms with Crippen molar-refractivity contribution in [3.63, 3.8) is 0 Å². The van der Waals surface area contributed by atoms with Gasteiger partial charge in [-0.2, -0.15) is 5.26 Å². The summed E-state index contributed by atoms with van der Waals surface area (Å²) in [6.07, 6.45) is 4.29. The number of hydrogen-bond acceptors (Lipinski definition) is 5. The van der Waals surface area contributed by atoms with Gasteiger partial charge in [0.25, 0.3) is 0 Å². The van der Waals surface area contributed by atoms with Gasteiger partial charge in [0.05, 0.1) is 23.7 Å². The lowest BCUT2D eigenvalue weighted by atomic mass is 9.87. The lowest BCUT2D eigenvalue weighted by Gasteiger charge is -2.36. The second kappa shape index (κ2) is 9.97. The molecule has 1 aliphatic heterocycles. The van der Waals surface area contributed by atoms with Crippen LogP contribution in [-0.4, -0.2) is 57.7 Å². The van der Waals surface area contributed by atoms with Gasteiger partial charge in [-0.1, -0.05) is 39.8 Å². The van der Waals surface area contributed by atoms with Crippen LogP contribution in [0, 0.1) is 16.7 Å². The van der Waals surface area contributed by atoms with Crippen LogP contribution in [0.15, 0.2) is 36.8 Å². The number of piperazine rings is 1. The van der Waals surface area contributed by atoms with E-state index < -0.39 is 0 Å². The third kappa shape index (κ3) is 6.08. The highest BCUT2D eigenvalue weighted by Crippen LogP contribution is 2.25. The minimum absolute atomic E-state index is 0.0560. The Balaban J connectivity index is 1.52. The van der Waals surface area contributed by atoms with E-state index in [9.17, 15) is 4.79 Å². The van der Waals surface area contributed by atoms with Crippen molar-refractivity contribution in [2.75, 3.05) is 26.2 Å². The summed E-state index contributed by atoms with van der Waals surface area (Å²) in [4.78, 5) is 21.1. The van der Waals surface area contributed by atoms with Crippen LogP contribution < -0.4 is 0 Å². The maximum atomic E-state index is 12.6. The number of benzene rings is 1. The van der Waals surface area contributed by atoms with E-state index >= 15 is 0 Å². The van der Waals surface area contributed by atoms with Gasteiger partial charge in [-0.25, -0.2) is 9.78 Å². The predicted molar refractivity (Wildman–Crippen MR) is 119 cm³/mol. The Morgan fingerprint density at radius 1 is 1.16 bits per heavy atom. The van der Waals surface area contributed by atoms with Crippen molar-refractivity contribution in [2.45, 2.75) is 53.3 Å². The molecule has 166 valence electrons. The summed E-state index contributed by atoms with van der Waals surface area (Å²) in [5.41, 5.74) is 2.88. The minimum Gasteiger partial charge on any atom is -0.446 e. The molecule has 0 aliphatic carbocycles. The number of amides is 1. The number of carbonyl (C=O) groups is 1. The highest BCUT2D eigenvalue weighted by molar-refractivity contribution is 5.68. The number of rotatable bonds is 6. The lowest BCUT2D eigenvalue weighted by molar-refractivity contribution is -0.000180. The van der Waals surface area contributed by atoms with E-state index in [2.05, 4.69) is 48.2 Å². The summed E-state index contributed by atoms with van der Waals surface area (Å²) < 4.78 is 7.92. The van der Waals surface area contributed by atoms with Gasteiger partial charge >= 0.3 is 6.09 Å². The maximum absolute atomic E-state index is 12.6. The first-order valence-corrected chi connectivity index (χ1v) is 11.0. The normalized spacial score (nSPS) is 16.0. The van der Waals surface area contributed by atoms with Gasteiger partial charge in [-0.3, -0.25) is 4.90 Å². The molecule has 1 fully saturated rings. The molecule has 2 aromatic rings. The van der Waals surface area contributed by atoms with Crippen molar-refractivity contribution in [3.8, 4) is 6.07 Å². The zero-order valence-corrected chi connectivity index (χ0v) is 19.0. The number of nitrogens with zero attached hydrogens (tertiary/aromatic N) is 5. The van der Waals surface area contributed by atoms with Crippen LogP contribution in [0.2, 0.25) is 0 Å². The van der Waals surface area contributed by atoms with Gasteiger partial charge in [0.2, 0.25) is 0 Å². The number of ether oxygens (including phenoxy) is 1. The molecule has 31 heavy (non-hydrogen) atoms. The van der Waals surface area contributed by atoms with Gasteiger partial charge in [-0.05, 0) is 29.5 Å². The maximum Gasteiger partial charge on any atom is 0.410 e. The molecule has 0 N–H and O–H groups in total. The smallest absolute Gasteiger partial charge is 0.410 e. The van der Waals surface area contributed by atoms with Crippen LogP contribution in [-0.2, 0) is 17.8 Å². The second-order valence-electron chi connectivity index (χ2n) is 9.23. The fraction of sp³-hybridized carbons (Fsp3) is 0.542. The molecule has 1 unspecified atom stereocenters. The predicted octanol–water partition coefficient (Wildman–Crippen LogP) is 3.88. The van der Waals surface area contributed by atoms with Crippen molar-refractivity contribution in [1.29, 1.82) is 5.26 Å². The van der Waals surface area contributed by atoms with Crippen LogP contribution in [0.5, 0.6) is 0 Å². The molecule has 1 aromatic carbocycles. The molecule has 7 nitrogen and oxygen atoms in total. The summed E-state index contributed by atoms with van der Waals surface area (Å²) in [6.45, 7) is 12.8. The zero-order chi connectivity index (χ0) is 22.4. The quantitative estimate of drug-likeness (QED) is 0.705. The highest BCUT2D eigenvalue weighted by Gasteiger charge is 2.30. The molecule has 1 aromatic heterocycles. The second-order valence-corrected chi connectivity index (χ2v) is 9.23. The average molecular weight is 424 g/mol. The third-order valence-corrected chi connectivity index (χ3v) is 5.83. The molecule has 7 heteroatoms. The summed E-state index contributed by atoms with van der Waals surface area (Å²) in [7, 11) is 0. The molecule has 3 rings (SSSR count). The molecule has 1 atom stereocenters. The first-order chi connectivity index (χ1) is 14.8. The van der Waals surface area contributed by atoms with E-state index in [4.69, 9.17) is 10.00 Å². The van der Waals surface area contributed by atoms with Gasteiger partial charge in [0.15, 0.2) is 0 Å². The number of aromatic nitrogens is 2. The number of carbonyl (C=O) groups excluding carboxylic acids is 1. The topological polar surface area (TPSA) is 74.4 Å². The number of nitriles is 1. The van der Waals surface area contributed by atoms with Crippen molar-refractivity contribution in [1.82, 2.24) is 19.4 Å². The fourth-order valence-electron chi connectivity index (χ4n) is 3.89. The van der Waals surface area contributed by atoms with E-state index in [1.165, 1.54) is 0 Å². The van der Waals surface area contributed by atoms with E-state index in [0.717, 1.165) is 43.9 Å². The monoisotopic (exact) mass is 423 g/mol. The number of imidazole rings is 1.